The van der Waals surface area contributed by atoms with Gasteiger partial charge in [-0.15, -0.1) is 0 Å². The highest BCUT2D eigenvalue weighted by Crippen LogP contribution is 2.23. The minimum atomic E-state index is -0.310. The van der Waals surface area contributed by atoms with Gasteiger partial charge in [-0.1, -0.05) is 0 Å². The van der Waals surface area contributed by atoms with Crippen molar-refractivity contribution in [2.45, 2.75) is 13.0 Å². The molecule has 0 radical (unpaired) electrons. The molecular weight excluding hydrogens is 402 g/mol. The Balaban J connectivity index is 1.31. The monoisotopic (exact) mass is 426 g/mol. The van der Waals surface area contributed by atoms with Gasteiger partial charge in [0.1, 0.15) is 24.0 Å². The molecule has 0 aliphatic carbocycles. The molecule has 1 saturated heterocycles. The Labute approximate surface area is 179 Å². The Morgan fingerprint density at radius 1 is 0.968 bits per heavy atom. The maximum atomic E-state index is 13.2. The summed E-state index contributed by atoms with van der Waals surface area (Å²) in [6, 6.07) is 12.1. The van der Waals surface area contributed by atoms with Crippen molar-refractivity contribution in [1.82, 2.24) is 20.0 Å². The molecule has 0 unspecified atom stereocenters. The van der Waals surface area contributed by atoms with E-state index in [0.29, 0.717) is 45.0 Å². The van der Waals surface area contributed by atoms with Gasteiger partial charge in [-0.3, -0.25) is 14.8 Å². The van der Waals surface area contributed by atoms with Crippen LogP contribution < -0.4 is 4.74 Å². The fraction of sp³-hybridized carbons (Fsp3) is 0.304. The van der Waals surface area contributed by atoms with E-state index >= 15 is 0 Å². The molecule has 162 valence electrons. The predicted molar refractivity (Wildman–Crippen MR) is 112 cm³/mol. The zero-order chi connectivity index (χ0) is 21.6. The lowest BCUT2D eigenvalue weighted by atomic mass is 10.1. The van der Waals surface area contributed by atoms with E-state index in [-0.39, 0.29) is 17.5 Å². The summed E-state index contributed by atoms with van der Waals surface area (Å²) in [5, 5.41) is 7.15. The number of carbonyl (C=O) groups is 1. The number of benzene rings is 2. The van der Waals surface area contributed by atoms with E-state index in [4.69, 9.17) is 4.74 Å². The number of aromatic nitrogens is 2. The van der Waals surface area contributed by atoms with Gasteiger partial charge in [-0.05, 0) is 48.5 Å². The maximum absolute atomic E-state index is 13.2. The van der Waals surface area contributed by atoms with E-state index in [0.717, 1.165) is 23.4 Å². The van der Waals surface area contributed by atoms with Crippen molar-refractivity contribution in [1.29, 1.82) is 0 Å². The largest absolute Gasteiger partial charge is 0.492 e. The number of halogens is 2. The van der Waals surface area contributed by atoms with Crippen LogP contribution >= 0.6 is 0 Å². The van der Waals surface area contributed by atoms with Crippen molar-refractivity contribution >= 4 is 5.91 Å². The highest BCUT2D eigenvalue weighted by Gasteiger charge is 2.22. The van der Waals surface area contributed by atoms with Crippen LogP contribution in [0.1, 0.15) is 12.0 Å². The molecule has 1 aliphatic rings. The SMILES string of the molecule is O=C1CCN(Cc2cn[nH]c2-c2ccc(F)cc2)CCN1CCOc1ccc(F)cc1. The van der Waals surface area contributed by atoms with Crippen molar-refractivity contribution in [3.8, 4) is 17.0 Å². The first kappa shape index (κ1) is 21.0. The first-order valence-electron chi connectivity index (χ1n) is 10.2. The molecule has 0 bridgehead atoms. The smallest absolute Gasteiger partial charge is 0.224 e. The summed E-state index contributed by atoms with van der Waals surface area (Å²) in [5.74, 6) is 0.0874. The molecule has 2 aromatic carbocycles. The van der Waals surface area contributed by atoms with Gasteiger partial charge in [0, 0.05) is 43.7 Å². The lowest BCUT2D eigenvalue weighted by Crippen LogP contribution is -2.36. The summed E-state index contributed by atoms with van der Waals surface area (Å²) in [5.41, 5.74) is 2.74. The number of H-pyrrole nitrogens is 1. The van der Waals surface area contributed by atoms with Gasteiger partial charge in [-0.2, -0.15) is 5.10 Å². The molecule has 6 nitrogen and oxygen atoms in total. The number of nitrogens with one attached hydrogen (secondary N) is 1. The Morgan fingerprint density at radius 3 is 2.42 bits per heavy atom. The average Bonchev–Trinajstić information content (AvgIpc) is 3.16. The third-order valence-corrected chi connectivity index (χ3v) is 5.37. The summed E-state index contributed by atoms with van der Waals surface area (Å²) in [6.45, 7) is 3.48. The van der Waals surface area contributed by atoms with Crippen molar-refractivity contribution in [2.24, 2.45) is 0 Å². The Hall–Kier alpha value is -3.26. The van der Waals surface area contributed by atoms with Crippen LogP contribution in [0.4, 0.5) is 8.78 Å². The second-order valence-electron chi connectivity index (χ2n) is 7.49. The van der Waals surface area contributed by atoms with Crippen molar-refractivity contribution in [3.05, 3.63) is 71.9 Å². The molecule has 2 heterocycles. The van der Waals surface area contributed by atoms with Crippen LogP contribution in [0.5, 0.6) is 5.75 Å². The van der Waals surface area contributed by atoms with Crippen molar-refractivity contribution in [2.75, 3.05) is 32.8 Å². The highest BCUT2D eigenvalue weighted by molar-refractivity contribution is 5.76. The number of ether oxygens (including phenoxy) is 1. The summed E-state index contributed by atoms with van der Waals surface area (Å²) in [6.07, 6.45) is 2.21. The van der Waals surface area contributed by atoms with Crippen molar-refractivity contribution in [3.63, 3.8) is 0 Å². The lowest BCUT2D eigenvalue weighted by Gasteiger charge is -2.22. The minimum absolute atomic E-state index is 0.0937. The molecule has 1 N–H and O–H groups in total. The van der Waals surface area contributed by atoms with Crippen LogP contribution in [0.2, 0.25) is 0 Å². The Kier molecular flexibility index (Phi) is 6.57. The fourth-order valence-corrected chi connectivity index (χ4v) is 3.65. The summed E-state index contributed by atoms with van der Waals surface area (Å²) in [4.78, 5) is 16.5. The van der Waals surface area contributed by atoms with Crippen LogP contribution in [0.15, 0.2) is 54.7 Å². The molecule has 0 saturated carbocycles. The Bertz CT molecular complexity index is 1010. The molecule has 0 atom stereocenters. The van der Waals surface area contributed by atoms with Crippen LogP contribution in [-0.2, 0) is 11.3 Å². The van der Waals surface area contributed by atoms with Gasteiger partial charge in [0.25, 0.3) is 0 Å². The number of amides is 1. The zero-order valence-corrected chi connectivity index (χ0v) is 17.1. The number of aromatic amines is 1. The van der Waals surface area contributed by atoms with E-state index < -0.39 is 0 Å². The van der Waals surface area contributed by atoms with Gasteiger partial charge in [0.15, 0.2) is 0 Å². The normalized spacial score (nSPS) is 15.2. The van der Waals surface area contributed by atoms with Gasteiger partial charge in [0.2, 0.25) is 5.91 Å². The molecule has 1 amide bonds. The lowest BCUT2D eigenvalue weighted by molar-refractivity contribution is -0.130. The van der Waals surface area contributed by atoms with Gasteiger partial charge in [-0.25, -0.2) is 8.78 Å². The summed E-state index contributed by atoms with van der Waals surface area (Å²) < 4.78 is 31.8. The van der Waals surface area contributed by atoms with Crippen molar-refractivity contribution < 1.29 is 18.3 Å². The van der Waals surface area contributed by atoms with Gasteiger partial charge in [0.05, 0.1) is 18.4 Å². The second kappa shape index (κ2) is 9.70. The third-order valence-electron chi connectivity index (χ3n) is 5.37. The topological polar surface area (TPSA) is 61.5 Å². The number of rotatable bonds is 7. The third kappa shape index (κ3) is 5.46. The summed E-state index contributed by atoms with van der Waals surface area (Å²) in [7, 11) is 0. The molecule has 1 fully saturated rings. The fourth-order valence-electron chi connectivity index (χ4n) is 3.65. The number of nitrogens with zero attached hydrogens (tertiary/aromatic N) is 3. The first-order chi connectivity index (χ1) is 15.1. The predicted octanol–water partition coefficient (Wildman–Crippen LogP) is 3.47. The summed E-state index contributed by atoms with van der Waals surface area (Å²) >= 11 is 0. The number of hydrogen-bond acceptors (Lipinski definition) is 4. The molecule has 4 rings (SSSR count). The molecule has 8 heteroatoms. The number of hydrogen-bond donors (Lipinski definition) is 1. The van der Waals surface area contributed by atoms with E-state index in [9.17, 15) is 13.6 Å². The van der Waals surface area contributed by atoms with E-state index in [1.807, 2.05) is 0 Å². The maximum Gasteiger partial charge on any atom is 0.224 e. The van der Waals surface area contributed by atoms with Crippen LogP contribution in [0.25, 0.3) is 11.3 Å². The number of carbonyl (C=O) groups excluding carboxylic acids is 1. The van der Waals surface area contributed by atoms with Crippen LogP contribution in [-0.4, -0.2) is 58.7 Å². The quantitative estimate of drug-likeness (QED) is 0.629. The van der Waals surface area contributed by atoms with Gasteiger partial charge < -0.3 is 9.64 Å². The molecule has 3 aromatic rings. The highest BCUT2D eigenvalue weighted by atomic mass is 19.1. The van der Waals surface area contributed by atoms with E-state index in [2.05, 4.69) is 15.1 Å². The molecule has 0 spiro atoms. The van der Waals surface area contributed by atoms with E-state index in [1.165, 1.54) is 24.3 Å². The molecule has 1 aromatic heterocycles. The first-order valence-corrected chi connectivity index (χ1v) is 10.2. The van der Waals surface area contributed by atoms with Crippen LogP contribution in [0.3, 0.4) is 0 Å². The van der Waals surface area contributed by atoms with Gasteiger partial charge >= 0.3 is 0 Å². The molecule has 1 aliphatic heterocycles. The van der Waals surface area contributed by atoms with Crippen LogP contribution in [0, 0.1) is 11.6 Å². The second-order valence-corrected chi connectivity index (χ2v) is 7.49. The Morgan fingerprint density at radius 2 is 1.68 bits per heavy atom. The minimum Gasteiger partial charge on any atom is -0.492 e. The molecular formula is C23H24F2N4O2. The molecule has 31 heavy (non-hydrogen) atoms. The standard InChI is InChI=1S/C23H24F2N4O2/c24-19-3-1-17(2-4-19)23-18(15-26-27-23)16-28-10-9-22(30)29(12-11-28)13-14-31-21-7-5-20(25)6-8-21/h1-8,15H,9-14,16H2,(H,26,27). The average molecular weight is 426 g/mol. The van der Waals surface area contributed by atoms with E-state index in [1.54, 1.807) is 35.4 Å². The zero-order valence-electron chi connectivity index (χ0n) is 17.1.